The summed E-state index contributed by atoms with van der Waals surface area (Å²) in [6, 6.07) is 4.55. The Balaban J connectivity index is 3.26. The van der Waals surface area contributed by atoms with E-state index in [9.17, 15) is 19.7 Å². The third-order valence-corrected chi connectivity index (χ3v) is 3.72. The smallest absolute Gasteiger partial charge is 0.317 e. The van der Waals surface area contributed by atoms with E-state index < -0.39 is 22.7 Å². The summed E-state index contributed by atoms with van der Waals surface area (Å²) in [5, 5.41) is 11.2. The quantitative estimate of drug-likeness (QED) is 0.330. The van der Waals surface area contributed by atoms with Crippen LogP contribution in [-0.2, 0) is 14.3 Å². The van der Waals surface area contributed by atoms with Gasteiger partial charge in [-0.2, -0.15) is 0 Å². The summed E-state index contributed by atoms with van der Waals surface area (Å²) in [5.41, 5.74) is 0.194. The summed E-state index contributed by atoms with van der Waals surface area (Å²) >= 11 is 3.18. The summed E-state index contributed by atoms with van der Waals surface area (Å²) in [6.45, 7) is 6.26. The van der Waals surface area contributed by atoms with Gasteiger partial charge in [-0.1, -0.05) is 28.9 Å². The molecular formula is C15H18BrNO5. The second-order valence-corrected chi connectivity index (χ2v) is 6.24. The van der Waals surface area contributed by atoms with E-state index in [1.165, 1.54) is 13.0 Å². The van der Waals surface area contributed by atoms with E-state index in [2.05, 4.69) is 15.9 Å². The van der Waals surface area contributed by atoms with Crippen molar-refractivity contribution in [2.45, 2.75) is 39.7 Å². The molecule has 0 radical (unpaired) electrons. The van der Waals surface area contributed by atoms with E-state index in [0.29, 0.717) is 10.0 Å². The van der Waals surface area contributed by atoms with Gasteiger partial charge in [0.2, 0.25) is 0 Å². The highest BCUT2D eigenvalue weighted by atomic mass is 79.9. The maximum absolute atomic E-state index is 12.1. The summed E-state index contributed by atoms with van der Waals surface area (Å²) in [5.74, 6) is -2.76. The topological polar surface area (TPSA) is 86.5 Å². The molecule has 0 aromatic heterocycles. The van der Waals surface area contributed by atoms with Gasteiger partial charge in [0.05, 0.1) is 11.0 Å². The molecule has 1 rings (SSSR count). The van der Waals surface area contributed by atoms with Crippen molar-refractivity contribution < 1.29 is 19.2 Å². The van der Waals surface area contributed by atoms with Gasteiger partial charge in [-0.05, 0) is 26.8 Å². The van der Waals surface area contributed by atoms with Crippen LogP contribution in [0.3, 0.4) is 0 Å². The number of benzene rings is 1. The number of halogens is 1. The van der Waals surface area contributed by atoms with Crippen LogP contribution in [0.4, 0.5) is 5.69 Å². The molecule has 0 bridgehead atoms. The summed E-state index contributed by atoms with van der Waals surface area (Å²) in [4.78, 5) is 34.7. The van der Waals surface area contributed by atoms with Gasteiger partial charge in [0.25, 0.3) is 5.69 Å². The molecule has 0 spiro atoms. The highest BCUT2D eigenvalue weighted by Gasteiger charge is 2.35. The molecule has 7 heteroatoms. The fourth-order valence-electron chi connectivity index (χ4n) is 2.27. The van der Waals surface area contributed by atoms with Crippen molar-refractivity contribution in [3.05, 3.63) is 38.3 Å². The lowest BCUT2D eigenvalue weighted by Gasteiger charge is -2.21. The lowest BCUT2D eigenvalue weighted by atomic mass is 9.84. The molecule has 0 aliphatic heterocycles. The zero-order valence-electron chi connectivity index (χ0n) is 12.8. The number of nitro groups is 1. The molecule has 1 aromatic carbocycles. The van der Waals surface area contributed by atoms with Crippen molar-refractivity contribution in [1.29, 1.82) is 0 Å². The van der Waals surface area contributed by atoms with E-state index in [-0.39, 0.29) is 17.6 Å². The Morgan fingerprint density at radius 1 is 1.27 bits per heavy atom. The van der Waals surface area contributed by atoms with Crippen molar-refractivity contribution in [2.75, 3.05) is 0 Å². The van der Waals surface area contributed by atoms with Gasteiger partial charge in [-0.25, -0.2) is 0 Å². The van der Waals surface area contributed by atoms with Crippen LogP contribution in [0.25, 0.3) is 0 Å². The molecule has 2 unspecified atom stereocenters. The van der Waals surface area contributed by atoms with Crippen LogP contribution in [0, 0.1) is 16.0 Å². The van der Waals surface area contributed by atoms with Crippen LogP contribution in [0.2, 0.25) is 0 Å². The van der Waals surface area contributed by atoms with Crippen LogP contribution in [0.15, 0.2) is 22.7 Å². The molecule has 0 heterocycles. The molecule has 6 nitrogen and oxygen atoms in total. The summed E-state index contributed by atoms with van der Waals surface area (Å²) in [7, 11) is 0. The fourth-order valence-corrected chi connectivity index (χ4v) is 2.62. The van der Waals surface area contributed by atoms with Crippen LogP contribution in [-0.4, -0.2) is 22.8 Å². The highest BCUT2D eigenvalue weighted by molar-refractivity contribution is 9.10. The standard InChI is InChI=1S/C15H18BrNO5/c1-8(2)22-15(19)14(10(4)18)9(3)12-6-5-11(16)7-13(12)17(20)21/h5-9,14H,1-4H3. The SMILES string of the molecule is CC(=O)C(C(=O)OC(C)C)C(C)c1ccc(Br)cc1[N+](=O)[O-]. The summed E-state index contributed by atoms with van der Waals surface area (Å²) in [6.07, 6.45) is -0.360. The number of hydrogen-bond donors (Lipinski definition) is 0. The molecule has 0 aliphatic carbocycles. The maximum Gasteiger partial charge on any atom is 0.317 e. The molecule has 0 aliphatic rings. The van der Waals surface area contributed by atoms with Gasteiger partial charge in [-0.3, -0.25) is 19.7 Å². The van der Waals surface area contributed by atoms with E-state index in [1.807, 2.05) is 0 Å². The Bertz CT molecular complexity index is 600. The maximum atomic E-state index is 12.1. The first-order chi connectivity index (χ1) is 10.1. The molecule has 1 aromatic rings. The number of ether oxygens (including phenoxy) is 1. The molecule has 0 amide bonds. The number of ketones is 1. The third kappa shape index (κ3) is 4.37. The Morgan fingerprint density at radius 3 is 2.32 bits per heavy atom. The van der Waals surface area contributed by atoms with E-state index in [0.717, 1.165) is 0 Å². The monoisotopic (exact) mass is 371 g/mol. The molecular weight excluding hydrogens is 354 g/mol. The normalized spacial score (nSPS) is 13.5. The first-order valence-electron chi connectivity index (χ1n) is 6.80. The van der Waals surface area contributed by atoms with Crippen LogP contribution < -0.4 is 0 Å². The fraction of sp³-hybridized carbons (Fsp3) is 0.467. The summed E-state index contributed by atoms with van der Waals surface area (Å²) < 4.78 is 5.66. The lowest BCUT2D eigenvalue weighted by molar-refractivity contribution is -0.385. The Labute approximate surface area is 137 Å². The first kappa shape index (κ1) is 18.3. The molecule has 120 valence electrons. The number of nitrogens with zero attached hydrogens (tertiary/aromatic N) is 1. The molecule has 22 heavy (non-hydrogen) atoms. The van der Waals surface area contributed by atoms with E-state index >= 15 is 0 Å². The van der Waals surface area contributed by atoms with Crippen LogP contribution in [0.1, 0.15) is 39.2 Å². The largest absolute Gasteiger partial charge is 0.462 e. The highest BCUT2D eigenvalue weighted by Crippen LogP contribution is 2.34. The molecule has 0 saturated heterocycles. The van der Waals surface area contributed by atoms with Gasteiger partial charge in [0.1, 0.15) is 11.7 Å². The predicted octanol–water partition coefficient (Wildman–Crippen LogP) is 3.62. The number of carbonyl (C=O) groups is 2. The molecule has 2 atom stereocenters. The van der Waals surface area contributed by atoms with Crippen molar-refractivity contribution >= 4 is 33.4 Å². The minimum Gasteiger partial charge on any atom is -0.462 e. The molecule has 0 saturated carbocycles. The predicted molar refractivity (Wildman–Crippen MR) is 84.6 cm³/mol. The number of carbonyl (C=O) groups excluding carboxylic acids is 2. The van der Waals surface area contributed by atoms with E-state index in [4.69, 9.17) is 4.74 Å². The van der Waals surface area contributed by atoms with Crippen molar-refractivity contribution in [2.24, 2.45) is 5.92 Å². The molecule has 0 fully saturated rings. The number of nitro benzene ring substituents is 1. The van der Waals surface area contributed by atoms with Gasteiger partial charge in [-0.15, -0.1) is 0 Å². The Morgan fingerprint density at radius 2 is 1.86 bits per heavy atom. The second-order valence-electron chi connectivity index (χ2n) is 5.32. The lowest BCUT2D eigenvalue weighted by Crippen LogP contribution is -2.31. The van der Waals surface area contributed by atoms with Crippen LogP contribution in [0.5, 0.6) is 0 Å². The number of rotatable bonds is 6. The average Bonchev–Trinajstić information content (AvgIpc) is 2.36. The Kier molecular flexibility index (Phi) is 6.22. The van der Waals surface area contributed by atoms with Gasteiger partial charge >= 0.3 is 5.97 Å². The number of Topliss-reactive ketones (excluding diaryl/α,β-unsaturated/α-hetero) is 1. The van der Waals surface area contributed by atoms with Gasteiger partial charge in [0, 0.05) is 22.0 Å². The van der Waals surface area contributed by atoms with E-state index in [1.54, 1.807) is 32.9 Å². The minimum absolute atomic E-state index is 0.134. The van der Waals surface area contributed by atoms with Crippen molar-refractivity contribution in [3.63, 3.8) is 0 Å². The van der Waals surface area contributed by atoms with Gasteiger partial charge in [0.15, 0.2) is 0 Å². The Hall–Kier alpha value is -1.76. The van der Waals surface area contributed by atoms with Crippen molar-refractivity contribution in [3.8, 4) is 0 Å². The third-order valence-electron chi connectivity index (χ3n) is 3.22. The zero-order valence-corrected chi connectivity index (χ0v) is 14.4. The molecule has 0 N–H and O–H groups in total. The van der Waals surface area contributed by atoms with Crippen molar-refractivity contribution in [1.82, 2.24) is 0 Å². The minimum atomic E-state index is -1.07. The van der Waals surface area contributed by atoms with Crippen LogP contribution >= 0.6 is 15.9 Å². The number of esters is 1. The second kappa shape index (κ2) is 7.49. The average molecular weight is 372 g/mol. The number of hydrogen-bond acceptors (Lipinski definition) is 5. The first-order valence-corrected chi connectivity index (χ1v) is 7.59. The zero-order chi connectivity index (χ0) is 17.0. The van der Waals surface area contributed by atoms with Gasteiger partial charge < -0.3 is 4.74 Å².